The minimum absolute atomic E-state index is 0. The molecule has 0 aliphatic heterocycles. The molecule has 0 spiro atoms. The highest BCUT2D eigenvalue weighted by molar-refractivity contribution is 14.0. The molecule has 0 aromatic carbocycles. The Labute approximate surface area is 176 Å². The predicted octanol–water partition coefficient (Wildman–Crippen LogP) is 3.06. The molecule has 7 heteroatoms. The molecule has 1 fully saturated rings. The summed E-state index contributed by atoms with van der Waals surface area (Å²) < 4.78 is 5.57. The molecule has 26 heavy (non-hydrogen) atoms. The minimum Gasteiger partial charge on any atom is -0.382 e. The van der Waals surface area contributed by atoms with Gasteiger partial charge in [-0.2, -0.15) is 0 Å². The largest absolute Gasteiger partial charge is 0.382 e. The van der Waals surface area contributed by atoms with E-state index in [4.69, 9.17) is 9.73 Å². The average Bonchev–Trinajstić information content (AvgIpc) is 3.01. The monoisotopic (exact) mass is 482 g/mol. The Kier molecular flexibility index (Phi) is 14.2. The summed E-state index contributed by atoms with van der Waals surface area (Å²) in [7, 11) is 0. The summed E-state index contributed by atoms with van der Waals surface area (Å²) in [6, 6.07) is 0.182. The second kappa shape index (κ2) is 14.5. The van der Waals surface area contributed by atoms with Gasteiger partial charge < -0.3 is 20.7 Å². The van der Waals surface area contributed by atoms with Crippen molar-refractivity contribution in [2.75, 3.05) is 32.8 Å². The molecule has 1 amide bonds. The number of guanidine groups is 1. The number of carbonyl (C=O) groups excluding carboxylic acids is 1. The molecule has 1 saturated carbocycles. The van der Waals surface area contributed by atoms with Gasteiger partial charge in [0.05, 0.1) is 0 Å². The maximum absolute atomic E-state index is 11.7. The molecule has 1 rings (SSSR count). The molecule has 6 nitrogen and oxygen atoms in total. The number of hydrogen-bond acceptors (Lipinski definition) is 3. The molecule has 0 unspecified atom stereocenters. The van der Waals surface area contributed by atoms with Gasteiger partial charge in [0.1, 0.15) is 0 Å². The molecule has 0 aromatic heterocycles. The van der Waals surface area contributed by atoms with E-state index in [0.717, 1.165) is 38.7 Å². The number of rotatable bonds is 11. The smallest absolute Gasteiger partial charge is 0.221 e. The van der Waals surface area contributed by atoms with Crippen molar-refractivity contribution in [1.82, 2.24) is 16.0 Å². The molecule has 0 radical (unpaired) electrons. The Morgan fingerprint density at radius 3 is 2.46 bits per heavy atom. The van der Waals surface area contributed by atoms with Crippen LogP contribution in [0.15, 0.2) is 4.99 Å². The molecule has 0 saturated heterocycles. The zero-order valence-electron chi connectivity index (χ0n) is 17.0. The van der Waals surface area contributed by atoms with Gasteiger partial charge in [0.15, 0.2) is 5.96 Å². The second-order valence-electron chi connectivity index (χ2n) is 7.25. The van der Waals surface area contributed by atoms with Crippen molar-refractivity contribution in [2.24, 2.45) is 10.4 Å². The summed E-state index contributed by atoms with van der Waals surface area (Å²) in [5.74, 6) is 0.879. The van der Waals surface area contributed by atoms with Crippen LogP contribution in [0, 0.1) is 5.41 Å². The van der Waals surface area contributed by atoms with Crippen LogP contribution < -0.4 is 16.0 Å². The first-order chi connectivity index (χ1) is 12.0. The lowest BCUT2D eigenvalue weighted by Crippen LogP contribution is -2.40. The molecule has 1 aliphatic rings. The van der Waals surface area contributed by atoms with E-state index in [9.17, 15) is 4.79 Å². The third kappa shape index (κ3) is 10.5. The van der Waals surface area contributed by atoms with Crippen molar-refractivity contribution < 1.29 is 9.53 Å². The molecule has 0 heterocycles. The minimum atomic E-state index is 0. The van der Waals surface area contributed by atoms with Crippen LogP contribution in [-0.4, -0.2) is 50.8 Å². The van der Waals surface area contributed by atoms with Gasteiger partial charge in [-0.15, -0.1) is 24.0 Å². The Morgan fingerprint density at radius 2 is 1.88 bits per heavy atom. The number of halogens is 1. The van der Waals surface area contributed by atoms with E-state index in [1.54, 1.807) is 0 Å². The number of carbonyl (C=O) groups is 1. The predicted molar refractivity (Wildman–Crippen MR) is 119 cm³/mol. The van der Waals surface area contributed by atoms with Crippen LogP contribution in [0.2, 0.25) is 0 Å². The van der Waals surface area contributed by atoms with Crippen molar-refractivity contribution in [1.29, 1.82) is 0 Å². The van der Waals surface area contributed by atoms with E-state index in [2.05, 4.69) is 22.9 Å². The van der Waals surface area contributed by atoms with Crippen molar-refractivity contribution in [3.63, 3.8) is 0 Å². The maximum Gasteiger partial charge on any atom is 0.221 e. The van der Waals surface area contributed by atoms with Crippen LogP contribution in [0.3, 0.4) is 0 Å². The van der Waals surface area contributed by atoms with E-state index in [-0.39, 0.29) is 41.3 Å². The fourth-order valence-corrected chi connectivity index (χ4v) is 3.32. The zero-order chi connectivity index (χ0) is 18.5. The third-order valence-corrected chi connectivity index (χ3v) is 4.66. The fourth-order valence-electron chi connectivity index (χ4n) is 3.32. The standard InChI is InChI=1S/C19H38N4O2.HI/c1-5-20-18(21-13-9-17(24)23-16(3)4)22-15-19(10-7-8-11-19)12-14-25-6-2;/h16H,5-15H2,1-4H3,(H,23,24)(H2,20,21,22);1H. The molecule has 0 atom stereocenters. The van der Waals surface area contributed by atoms with Gasteiger partial charge in [-0.3, -0.25) is 9.79 Å². The van der Waals surface area contributed by atoms with Crippen molar-refractivity contribution >= 4 is 35.8 Å². The Bertz CT molecular complexity index is 410. The number of nitrogens with zero attached hydrogens (tertiary/aromatic N) is 1. The van der Waals surface area contributed by atoms with E-state index in [1.807, 2.05) is 20.8 Å². The van der Waals surface area contributed by atoms with Crippen molar-refractivity contribution in [3.8, 4) is 0 Å². The second-order valence-corrected chi connectivity index (χ2v) is 7.25. The summed E-state index contributed by atoms with van der Waals surface area (Å²) in [4.78, 5) is 16.5. The molecule has 154 valence electrons. The lowest BCUT2D eigenvalue weighted by atomic mass is 9.83. The molecular formula is C19H39IN4O2. The molecule has 1 aliphatic carbocycles. The van der Waals surface area contributed by atoms with E-state index in [1.165, 1.54) is 25.7 Å². The van der Waals surface area contributed by atoms with Crippen LogP contribution >= 0.6 is 24.0 Å². The van der Waals surface area contributed by atoms with Crippen LogP contribution in [0.1, 0.15) is 66.2 Å². The van der Waals surface area contributed by atoms with Gasteiger partial charge >= 0.3 is 0 Å². The summed E-state index contributed by atoms with van der Waals surface area (Å²) in [5.41, 5.74) is 0.284. The lowest BCUT2D eigenvalue weighted by Gasteiger charge is -2.27. The molecule has 0 bridgehead atoms. The van der Waals surface area contributed by atoms with Gasteiger partial charge in [0.2, 0.25) is 5.91 Å². The topological polar surface area (TPSA) is 74.8 Å². The van der Waals surface area contributed by atoms with Gasteiger partial charge in [0.25, 0.3) is 0 Å². The number of nitrogens with one attached hydrogen (secondary N) is 3. The fraction of sp³-hybridized carbons (Fsp3) is 0.895. The summed E-state index contributed by atoms with van der Waals surface area (Å²) in [5, 5.41) is 9.47. The number of amides is 1. The summed E-state index contributed by atoms with van der Waals surface area (Å²) in [6.45, 7) is 11.9. The average molecular weight is 482 g/mol. The first kappa shape index (κ1) is 25.4. The summed E-state index contributed by atoms with van der Waals surface area (Å²) in [6.07, 6.45) is 6.60. The molecular weight excluding hydrogens is 443 g/mol. The highest BCUT2D eigenvalue weighted by Crippen LogP contribution is 2.41. The van der Waals surface area contributed by atoms with Crippen LogP contribution in [-0.2, 0) is 9.53 Å². The van der Waals surface area contributed by atoms with Crippen molar-refractivity contribution in [3.05, 3.63) is 0 Å². The van der Waals surface area contributed by atoms with Gasteiger partial charge in [-0.05, 0) is 52.4 Å². The Morgan fingerprint density at radius 1 is 1.19 bits per heavy atom. The van der Waals surface area contributed by atoms with Crippen LogP contribution in [0.5, 0.6) is 0 Å². The van der Waals surface area contributed by atoms with Gasteiger partial charge in [-0.25, -0.2) is 0 Å². The summed E-state index contributed by atoms with van der Waals surface area (Å²) >= 11 is 0. The number of ether oxygens (including phenoxy) is 1. The number of hydrogen-bond donors (Lipinski definition) is 3. The number of aliphatic imine (C=N–C) groups is 1. The van der Waals surface area contributed by atoms with Gasteiger partial charge in [-0.1, -0.05) is 12.8 Å². The Balaban J connectivity index is 0.00000625. The van der Waals surface area contributed by atoms with E-state index in [0.29, 0.717) is 13.0 Å². The normalized spacial score (nSPS) is 16.3. The molecule has 3 N–H and O–H groups in total. The van der Waals surface area contributed by atoms with Gasteiger partial charge in [0, 0.05) is 45.3 Å². The van der Waals surface area contributed by atoms with Crippen LogP contribution in [0.25, 0.3) is 0 Å². The molecule has 0 aromatic rings. The highest BCUT2D eigenvalue weighted by atomic mass is 127. The maximum atomic E-state index is 11.7. The van der Waals surface area contributed by atoms with Crippen molar-refractivity contribution in [2.45, 2.75) is 72.3 Å². The first-order valence-electron chi connectivity index (χ1n) is 9.90. The lowest BCUT2D eigenvalue weighted by molar-refractivity contribution is -0.121. The van der Waals surface area contributed by atoms with E-state index >= 15 is 0 Å². The SMILES string of the molecule is CCNC(=NCC1(CCOCC)CCCC1)NCCC(=O)NC(C)C.I. The zero-order valence-corrected chi connectivity index (χ0v) is 19.4. The Hall–Kier alpha value is -0.570. The quantitative estimate of drug-likeness (QED) is 0.183. The van der Waals surface area contributed by atoms with Crippen LogP contribution in [0.4, 0.5) is 0 Å². The first-order valence-corrected chi connectivity index (χ1v) is 9.90. The highest BCUT2D eigenvalue weighted by Gasteiger charge is 2.33. The third-order valence-electron chi connectivity index (χ3n) is 4.66. The van der Waals surface area contributed by atoms with E-state index < -0.39 is 0 Å².